The summed E-state index contributed by atoms with van der Waals surface area (Å²) in [6.07, 6.45) is 3.63. The number of hydrogen-bond acceptors (Lipinski definition) is 6. The van der Waals surface area contributed by atoms with Gasteiger partial charge in [-0.05, 0) is 57.2 Å². The summed E-state index contributed by atoms with van der Waals surface area (Å²) in [6.45, 7) is 3.78. The van der Waals surface area contributed by atoms with Crippen LogP contribution in [-0.4, -0.2) is 17.9 Å². The lowest BCUT2D eigenvalue weighted by Crippen LogP contribution is -2.19. The number of rotatable bonds is 5. The van der Waals surface area contributed by atoms with Crippen molar-refractivity contribution in [2.75, 3.05) is 5.32 Å². The lowest BCUT2D eigenvalue weighted by Gasteiger charge is -2.12. The molecule has 0 spiro atoms. The maximum absolute atomic E-state index is 13.1. The van der Waals surface area contributed by atoms with E-state index >= 15 is 0 Å². The van der Waals surface area contributed by atoms with Crippen LogP contribution in [0.5, 0.6) is 5.75 Å². The summed E-state index contributed by atoms with van der Waals surface area (Å²) in [7, 11) is 0. The van der Waals surface area contributed by atoms with Crippen molar-refractivity contribution in [3.05, 3.63) is 56.3 Å². The molecule has 4 rings (SSSR count). The molecule has 0 fully saturated rings. The third-order valence-corrected chi connectivity index (χ3v) is 6.18. The summed E-state index contributed by atoms with van der Waals surface area (Å²) in [4.78, 5) is 38.3. The Morgan fingerprint density at radius 3 is 2.70 bits per heavy atom. The van der Waals surface area contributed by atoms with Gasteiger partial charge in [-0.25, -0.2) is 4.79 Å². The SMILES string of the molecule is CC(C)Oc1ccc2c(C(=O)Nc3sc4c(c3C(N)=O)CCCC4)cc(=O)oc2c1. The zero-order valence-electron chi connectivity index (χ0n) is 16.7. The van der Waals surface area contributed by atoms with Crippen molar-refractivity contribution in [3.8, 4) is 5.75 Å². The van der Waals surface area contributed by atoms with E-state index in [1.54, 1.807) is 18.2 Å². The van der Waals surface area contributed by atoms with Gasteiger partial charge >= 0.3 is 5.63 Å². The van der Waals surface area contributed by atoms with Gasteiger partial charge in [0, 0.05) is 22.4 Å². The van der Waals surface area contributed by atoms with E-state index in [1.807, 2.05) is 13.8 Å². The van der Waals surface area contributed by atoms with Gasteiger partial charge in [0.1, 0.15) is 16.3 Å². The van der Waals surface area contributed by atoms with E-state index in [-0.39, 0.29) is 17.3 Å². The molecule has 30 heavy (non-hydrogen) atoms. The van der Waals surface area contributed by atoms with Gasteiger partial charge in [-0.3, -0.25) is 9.59 Å². The molecule has 0 unspecified atom stereocenters. The van der Waals surface area contributed by atoms with Crippen LogP contribution in [0.25, 0.3) is 11.0 Å². The Labute approximate surface area is 176 Å². The van der Waals surface area contributed by atoms with Crippen molar-refractivity contribution >= 4 is 39.1 Å². The maximum Gasteiger partial charge on any atom is 0.337 e. The van der Waals surface area contributed by atoms with Crippen molar-refractivity contribution in [2.24, 2.45) is 5.73 Å². The minimum Gasteiger partial charge on any atom is -0.491 e. The van der Waals surface area contributed by atoms with E-state index in [1.165, 1.54) is 11.3 Å². The highest BCUT2D eigenvalue weighted by Crippen LogP contribution is 2.38. The molecule has 2 amide bonds. The second-order valence-corrected chi connectivity index (χ2v) is 8.64. The highest BCUT2D eigenvalue weighted by molar-refractivity contribution is 7.17. The zero-order chi connectivity index (χ0) is 21.4. The number of ether oxygens (including phenoxy) is 1. The molecule has 0 saturated heterocycles. The van der Waals surface area contributed by atoms with Crippen molar-refractivity contribution < 1.29 is 18.7 Å². The van der Waals surface area contributed by atoms with Crippen LogP contribution >= 0.6 is 11.3 Å². The number of primary amides is 1. The first-order valence-corrected chi connectivity index (χ1v) is 10.7. The summed E-state index contributed by atoms with van der Waals surface area (Å²) < 4.78 is 10.9. The second-order valence-electron chi connectivity index (χ2n) is 7.54. The first-order chi connectivity index (χ1) is 14.3. The zero-order valence-corrected chi connectivity index (χ0v) is 17.6. The number of nitrogens with one attached hydrogen (secondary N) is 1. The number of hydrogen-bond donors (Lipinski definition) is 2. The molecule has 156 valence electrons. The fraction of sp³-hybridized carbons (Fsp3) is 0.318. The minimum absolute atomic E-state index is 0.0438. The normalized spacial score (nSPS) is 13.3. The van der Waals surface area contributed by atoms with Crippen LogP contribution in [0.1, 0.15) is 57.8 Å². The van der Waals surface area contributed by atoms with E-state index in [2.05, 4.69) is 5.32 Å². The number of benzene rings is 1. The molecule has 3 N–H and O–H groups in total. The van der Waals surface area contributed by atoms with Crippen LogP contribution in [0.15, 0.2) is 33.5 Å². The molecule has 1 aliphatic rings. The van der Waals surface area contributed by atoms with Crippen LogP contribution in [0.2, 0.25) is 0 Å². The Morgan fingerprint density at radius 1 is 1.20 bits per heavy atom. The molecule has 0 aliphatic heterocycles. The van der Waals surface area contributed by atoms with E-state index in [9.17, 15) is 14.4 Å². The van der Waals surface area contributed by atoms with Gasteiger partial charge in [-0.15, -0.1) is 11.3 Å². The van der Waals surface area contributed by atoms with Crippen LogP contribution in [0, 0.1) is 0 Å². The molecule has 0 radical (unpaired) electrons. The predicted octanol–water partition coefficient (Wildman–Crippen LogP) is 3.87. The van der Waals surface area contributed by atoms with E-state index in [0.29, 0.717) is 21.7 Å². The third-order valence-electron chi connectivity index (χ3n) is 4.98. The van der Waals surface area contributed by atoms with Gasteiger partial charge in [-0.1, -0.05) is 0 Å². The molecule has 7 nitrogen and oxygen atoms in total. The first kappa shape index (κ1) is 20.2. The quantitative estimate of drug-likeness (QED) is 0.602. The van der Waals surface area contributed by atoms with Crippen LogP contribution in [0.3, 0.4) is 0 Å². The highest BCUT2D eigenvalue weighted by Gasteiger charge is 2.26. The van der Waals surface area contributed by atoms with Gasteiger partial charge in [0.15, 0.2) is 0 Å². The number of thiophene rings is 1. The molecular weight excluding hydrogens is 404 g/mol. The second kappa shape index (κ2) is 7.95. The Bertz CT molecular complexity index is 1210. The Kier molecular flexibility index (Phi) is 5.34. The highest BCUT2D eigenvalue weighted by atomic mass is 32.1. The number of amides is 2. The smallest absolute Gasteiger partial charge is 0.337 e. The fourth-order valence-electron chi connectivity index (χ4n) is 3.76. The number of fused-ring (bicyclic) bond motifs is 2. The fourth-order valence-corrected chi connectivity index (χ4v) is 5.05. The number of carbonyl (C=O) groups excluding carboxylic acids is 2. The number of carbonyl (C=O) groups is 2. The van der Waals surface area contributed by atoms with Gasteiger partial charge in [0.25, 0.3) is 11.8 Å². The van der Waals surface area contributed by atoms with Crippen molar-refractivity contribution in [3.63, 3.8) is 0 Å². The predicted molar refractivity (Wildman–Crippen MR) is 116 cm³/mol. The van der Waals surface area contributed by atoms with Crippen molar-refractivity contribution in [2.45, 2.75) is 45.6 Å². The molecule has 0 saturated carbocycles. The number of anilines is 1. The molecule has 0 atom stereocenters. The summed E-state index contributed by atoms with van der Waals surface area (Å²) in [5.41, 5.74) is 6.69. The first-order valence-electron chi connectivity index (χ1n) is 9.83. The topological polar surface area (TPSA) is 112 Å². The monoisotopic (exact) mass is 426 g/mol. The number of aryl methyl sites for hydroxylation is 1. The third kappa shape index (κ3) is 3.82. The standard InChI is InChI=1S/C22H22N2O5S/c1-11(2)28-12-7-8-13-15(10-18(25)29-16(13)9-12)21(27)24-22-19(20(23)26)14-5-3-4-6-17(14)30-22/h7-11H,3-6H2,1-2H3,(H2,23,26)(H,24,27). The van der Waals surface area contributed by atoms with Crippen LogP contribution < -0.4 is 21.4 Å². The van der Waals surface area contributed by atoms with Gasteiger partial charge in [-0.2, -0.15) is 0 Å². The summed E-state index contributed by atoms with van der Waals surface area (Å²) in [6, 6.07) is 6.14. The van der Waals surface area contributed by atoms with E-state index < -0.39 is 17.4 Å². The average molecular weight is 426 g/mol. The minimum atomic E-state index is -0.644. The summed E-state index contributed by atoms with van der Waals surface area (Å²) >= 11 is 1.38. The lowest BCUT2D eigenvalue weighted by molar-refractivity contribution is 0.100. The Balaban J connectivity index is 1.73. The van der Waals surface area contributed by atoms with Crippen molar-refractivity contribution in [1.29, 1.82) is 0 Å². The summed E-state index contributed by atoms with van der Waals surface area (Å²) in [5.74, 6) is -0.510. The van der Waals surface area contributed by atoms with E-state index in [0.717, 1.165) is 42.2 Å². The van der Waals surface area contributed by atoms with E-state index in [4.69, 9.17) is 14.9 Å². The Hall–Kier alpha value is -3.13. The largest absolute Gasteiger partial charge is 0.491 e. The number of nitrogens with two attached hydrogens (primary N) is 1. The average Bonchev–Trinajstić information content (AvgIpc) is 3.04. The van der Waals surface area contributed by atoms with Crippen molar-refractivity contribution in [1.82, 2.24) is 0 Å². The molecule has 2 aromatic heterocycles. The Morgan fingerprint density at radius 2 is 1.97 bits per heavy atom. The van der Waals surface area contributed by atoms with Crippen LogP contribution in [-0.2, 0) is 12.8 Å². The molecule has 2 heterocycles. The molecule has 0 bridgehead atoms. The lowest BCUT2D eigenvalue weighted by atomic mass is 9.95. The van der Waals surface area contributed by atoms with Crippen LogP contribution in [0.4, 0.5) is 5.00 Å². The molecule has 8 heteroatoms. The molecule has 1 aliphatic carbocycles. The molecular formula is C22H22N2O5S. The van der Waals surface area contributed by atoms with Gasteiger partial charge in [0.2, 0.25) is 0 Å². The maximum atomic E-state index is 13.1. The van der Waals surface area contributed by atoms with Gasteiger partial charge < -0.3 is 20.2 Å². The molecule has 1 aromatic carbocycles. The van der Waals surface area contributed by atoms with Gasteiger partial charge in [0.05, 0.1) is 17.2 Å². The molecule has 3 aromatic rings. The summed E-state index contributed by atoms with van der Waals surface area (Å²) in [5, 5.41) is 3.71.